The Hall–Kier alpha value is -3.02. The van der Waals surface area contributed by atoms with Crippen LogP contribution in [0, 0.1) is 6.92 Å². The molecule has 0 aliphatic heterocycles. The SMILES string of the molecule is Cc1ccc(C(=O)NC2Cc3ccccc3C2)cc1-n1cnnn1. The van der Waals surface area contributed by atoms with E-state index in [9.17, 15) is 4.79 Å². The van der Waals surface area contributed by atoms with Crippen LogP contribution in [0.5, 0.6) is 0 Å². The van der Waals surface area contributed by atoms with Crippen molar-refractivity contribution < 1.29 is 4.79 Å². The first kappa shape index (κ1) is 14.6. The molecule has 1 amide bonds. The molecule has 0 saturated carbocycles. The first-order chi connectivity index (χ1) is 11.7. The van der Waals surface area contributed by atoms with E-state index in [0.717, 1.165) is 24.1 Å². The van der Waals surface area contributed by atoms with Crippen molar-refractivity contribution in [2.45, 2.75) is 25.8 Å². The topological polar surface area (TPSA) is 72.7 Å². The number of amides is 1. The monoisotopic (exact) mass is 319 g/mol. The molecular weight excluding hydrogens is 302 g/mol. The molecular formula is C18H17N5O. The Morgan fingerprint density at radius 3 is 2.58 bits per heavy atom. The minimum atomic E-state index is -0.0675. The summed E-state index contributed by atoms with van der Waals surface area (Å²) in [4.78, 5) is 12.6. The zero-order valence-electron chi connectivity index (χ0n) is 13.3. The van der Waals surface area contributed by atoms with Crippen molar-refractivity contribution >= 4 is 5.91 Å². The quantitative estimate of drug-likeness (QED) is 0.800. The summed E-state index contributed by atoms with van der Waals surface area (Å²) in [5, 5.41) is 14.3. The molecule has 0 saturated heterocycles. The van der Waals surface area contributed by atoms with Gasteiger partial charge in [-0.05, 0) is 59.0 Å². The fourth-order valence-corrected chi connectivity index (χ4v) is 3.20. The molecule has 6 nitrogen and oxygen atoms in total. The number of hydrogen-bond acceptors (Lipinski definition) is 4. The predicted octanol–water partition coefficient (Wildman–Crippen LogP) is 1.87. The number of fused-ring (bicyclic) bond motifs is 1. The Morgan fingerprint density at radius 2 is 1.92 bits per heavy atom. The van der Waals surface area contributed by atoms with Gasteiger partial charge in [0.15, 0.2) is 0 Å². The Labute approximate surface area is 139 Å². The van der Waals surface area contributed by atoms with Crippen molar-refractivity contribution in [3.8, 4) is 5.69 Å². The van der Waals surface area contributed by atoms with Gasteiger partial charge < -0.3 is 5.32 Å². The molecule has 0 spiro atoms. The normalized spacial score (nSPS) is 13.7. The lowest BCUT2D eigenvalue weighted by molar-refractivity contribution is 0.0938. The minimum absolute atomic E-state index is 0.0675. The van der Waals surface area contributed by atoms with Crippen LogP contribution in [-0.2, 0) is 12.8 Å². The van der Waals surface area contributed by atoms with Gasteiger partial charge in [-0.3, -0.25) is 4.79 Å². The maximum Gasteiger partial charge on any atom is 0.251 e. The van der Waals surface area contributed by atoms with Gasteiger partial charge in [0, 0.05) is 11.6 Å². The molecule has 2 aromatic carbocycles. The molecule has 0 unspecified atom stereocenters. The van der Waals surface area contributed by atoms with Gasteiger partial charge in [-0.25, -0.2) is 4.68 Å². The van der Waals surface area contributed by atoms with Crippen LogP contribution >= 0.6 is 0 Å². The van der Waals surface area contributed by atoms with Crippen LogP contribution in [0.1, 0.15) is 27.0 Å². The summed E-state index contributed by atoms with van der Waals surface area (Å²) >= 11 is 0. The molecule has 4 rings (SSSR count). The second-order valence-corrected chi connectivity index (χ2v) is 6.10. The summed E-state index contributed by atoms with van der Waals surface area (Å²) in [6, 6.07) is 14.1. The second-order valence-electron chi connectivity index (χ2n) is 6.10. The lowest BCUT2D eigenvalue weighted by Gasteiger charge is -2.13. The third kappa shape index (κ3) is 2.67. The second kappa shape index (κ2) is 5.88. The van der Waals surface area contributed by atoms with Crippen LogP contribution in [0.25, 0.3) is 5.69 Å². The van der Waals surface area contributed by atoms with Gasteiger partial charge >= 0.3 is 0 Å². The smallest absolute Gasteiger partial charge is 0.251 e. The number of aryl methyl sites for hydroxylation is 1. The molecule has 3 aromatic rings. The summed E-state index contributed by atoms with van der Waals surface area (Å²) in [6.45, 7) is 1.96. The third-order valence-electron chi connectivity index (χ3n) is 4.45. The van der Waals surface area contributed by atoms with Gasteiger partial charge in [0.2, 0.25) is 0 Å². The summed E-state index contributed by atoms with van der Waals surface area (Å²) < 4.78 is 1.57. The lowest BCUT2D eigenvalue weighted by Crippen LogP contribution is -2.35. The summed E-state index contributed by atoms with van der Waals surface area (Å²) in [5.41, 5.74) is 5.07. The maximum absolute atomic E-state index is 12.6. The van der Waals surface area contributed by atoms with Crippen molar-refractivity contribution in [2.24, 2.45) is 0 Å². The van der Waals surface area contributed by atoms with Gasteiger partial charge in [-0.2, -0.15) is 0 Å². The number of tetrazole rings is 1. The number of benzene rings is 2. The average molecular weight is 319 g/mol. The number of aromatic nitrogens is 4. The van der Waals surface area contributed by atoms with Gasteiger partial charge in [0.1, 0.15) is 6.33 Å². The largest absolute Gasteiger partial charge is 0.349 e. The lowest BCUT2D eigenvalue weighted by atomic mass is 10.1. The third-order valence-corrected chi connectivity index (χ3v) is 4.45. The zero-order chi connectivity index (χ0) is 16.5. The van der Waals surface area contributed by atoms with Crippen molar-refractivity contribution in [3.05, 3.63) is 71.0 Å². The minimum Gasteiger partial charge on any atom is -0.349 e. The molecule has 1 heterocycles. The van der Waals surface area contributed by atoms with Crippen molar-refractivity contribution in [1.29, 1.82) is 0 Å². The van der Waals surface area contributed by atoms with Crippen molar-refractivity contribution in [1.82, 2.24) is 25.5 Å². The van der Waals surface area contributed by atoms with E-state index in [-0.39, 0.29) is 11.9 Å². The van der Waals surface area contributed by atoms with E-state index >= 15 is 0 Å². The Bertz CT molecular complexity index is 863. The van der Waals surface area contributed by atoms with Gasteiger partial charge in [0.25, 0.3) is 5.91 Å². The highest BCUT2D eigenvalue weighted by Gasteiger charge is 2.23. The molecule has 0 fully saturated rings. The molecule has 0 radical (unpaired) electrons. The van der Waals surface area contributed by atoms with E-state index in [1.165, 1.54) is 17.5 Å². The van der Waals surface area contributed by atoms with Crippen molar-refractivity contribution in [3.63, 3.8) is 0 Å². The molecule has 1 N–H and O–H groups in total. The van der Waals surface area contributed by atoms with Crippen LogP contribution in [0.2, 0.25) is 0 Å². The number of nitrogens with one attached hydrogen (secondary N) is 1. The van der Waals surface area contributed by atoms with Crippen LogP contribution in [0.4, 0.5) is 0 Å². The first-order valence-electron chi connectivity index (χ1n) is 7.92. The van der Waals surface area contributed by atoms with E-state index in [1.54, 1.807) is 4.68 Å². The standard InChI is InChI=1S/C18H17N5O/c1-12-6-7-15(10-17(12)23-11-19-21-22-23)18(24)20-16-8-13-4-2-3-5-14(13)9-16/h2-7,10-11,16H,8-9H2,1H3,(H,20,24). The molecule has 1 aliphatic rings. The van der Waals surface area contributed by atoms with E-state index < -0.39 is 0 Å². The summed E-state index contributed by atoms with van der Waals surface area (Å²) in [7, 11) is 0. The van der Waals surface area contributed by atoms with Crippen LogP contribution in [0.15, 0.2) is 48.8 Å². The van der Waals surface area contributed by atoms with Crippen LogP contribution in [0.3, 0.4) is 0 Å². The number of carbonyl (C=O) groups is 1. The fraction of sp³-hybridized carbons (Fsp3) is 0.222. The summed E-state index contributed by atoms with van der Waals surface area (Å²) in [6.07, 6.45) is 3.29. The first-order valence-corrected chi connectivity index (χ1v) is 7.92. The molecule has 0 atom stereocenters. The van der Waals surface area contributed by atoms with E-state index in [4.69, 9.17) is 0 Å². The molecule has 120 valence electrons. The van der Waals surface area contributed by atoms with Crippen LogP contribution < -0.4 is 5.32 Å². The molecule has 6 heteroatoms. The van der Waals surface area contributed by atoms with Gasteiger partial charge in [-0.1, -0.05) is 30.3 Å². The van der Waals surface area contributed by atoms with Crippen molar-refractivity contribution in [2.75, 3.05) is 0 Å². The number of hydrogen-bond donors (Lipinski definition) is 1. The Balaban J connectivity index is 1.53. The van der Waals surface area contributed by atoms with Gasteiger partial charge in [0.05, 0.1) is 5.69 Å². The highest BCUT2D eigenvalue weighted by Crippen LogP contribution is 2.22. The Morgan fingerprint density at radius 1 is 1.17 bits per heavy atom. The average Bonchev–Trinajstić information content (AvgIpc) is 3.24. The molecule has 1 aromatic heterocycles. The molecule has 0 bridgehead atoms. The van der Waals surface area contributed by atoms with Crippen LogP contribution in [-0.4, -0.2) is 32.2 Å². The zero-order valence-corrected chi connectivity index (χ0v) is 13.3. The number of nitrogens with zero attached hydrogens (tertiary/aromatic N) is 4. The highest BCUT2D eigenvalue weighted by molar-refractivity contribution is 5.95. The van der Waals surface area contributed by atoms with E-state index in [0.29, 0.717) is 5.56 Å². The number of rotatable bonds is 3. The van der Waals surface area contributed by atoms with Gasteiger partial charge in [-0.15, -0.1) is 5.10 Å². The predicted molar refractivity (Wildman–Crippen MR) is 89.0 cm³/mol. The fourth-order valence-electron chi connectivity index (χ4n) is 3.20. The molecule has 1 aliphatic carbocycles. The highest BCUT2D eigenvalue weighted by atomic mass is 16.1. The summed E-state index contributed by atoms with van der Waals surface area (Å²) in [5.74, 6) is -0.0675. The molecule has 24 heavy (non-hydrogen) atoms. The maximum atomic E-state index is 12.6. The Kier molecular flexibility index (Phi) is 3.57. The van der Waals surface area contributed by atoms with E-state index in [1.807, 2.05) is 37.3 Å². The van der Waals surface area contributed by atoms with E-state index in [2.05, 4.69) is 33.0 Å². The number of carbonyl (C=O) groups excluding carboxylic acids is 1.